The van der Waals surface area contributed by atoms with Crippen molar-refractivity contribution < 1.29 is 29.3 Å². The standard InChI is InChI=1S/C26H16O6/c27-25(28)31-23-17-11-5-6-12-18(17)24(32-26(29)30)22-20-14-8-2-1-7-13(14)19(21(22)23)15-9-3-4-10-16(15)20/h1-12,19-20H,(H,27,28)(H,29,30). The summed E-state index contributed by atoms with van der Waals surface area (Å²) in [5.41, 5.74) is 5.49. The molecule has 0 atom stereocenters. The van der Waals surface area contributed by atoms with Crippen LogP contribution in [0.2, 0.25) is 0 Å². The lowest BCUT2D eigenvalue weighted by molar-refractivity contribution is 0.141. The van der Waals surface area contributed by atoms with E-state index in [1.54, 1.807) is 24.3 Å². The molecule has 2 N–H and O–H groups in total. The first-order valence-electron chi connectivity index (χ1n) is 10.1. The third kappa shape index (κ3) is 2.40. The van der Waals surface area contributed by atoms with E-state index in [9.17, 15) is 19.8 Å². The molecule has 0 saturated heterocycles. The third-order valence-corrected chi connectivity index (χ3v) is 6.39. The molecule has 0 heterocycles. The zero-order chi connectivity index (χ0) is 22.0. The average molecular weight is 424 g/mol. The summed E-state index contributed by atoms with van der Waals surface area (Å²) in [6.07, 6.45) is -2.85. The van der Waals surface area contributed by atoms with Crippen molar-refractivity contribution >= 4 is 23.1 Å². The summed E-state index contributed by atoms with van der Waals surface area (Å²) >= 11 is 0. The fourth-order valence-corrected chi connectivity index (χ4v) is 5.41. The Morgan fingerprint density at radius 3 is 1.19 bits per heavy atom. The minimum absolute atomic E-state index is 0.222. The maximum atomic E-state index is 11.7. The number of benzene rings is 4. The topological polar surface area (TPSA) is 93.1 Å². The largest absolute Gasteiger partial charge is 0.511 e. The van der Waals surface area contributed by atoms with Crippen molar-refractivity contribution in [3.8, 4) is 11.5 Å². The van der Waals surface area contributed by atoms with Crippen LogP contribution in [0.15, 0.2) is 72.8 Å². The van der Waals surface area contributed by atoms with Crippen molar-refractivity contribution in [3.05, 3.63) is 106 Å². The Balaban J connectivity index is 1.81. The van der Waals surface area contributed by atoms with Crippen molar-refractivity contribution in [2.75, 3.05) is 0 Å². The van der Waals surface area contributed by atoms with E-state index in [1.807, 2.05) is 48.5 Å². The van der Waals surface area contributed by atoms with E-state index in [0.29, 0.717) is 21.9 Å². The SMILES string of the molecule is O=C(O)Oc1c2c(c(OC(=O)O)c3ccccc13)C1c3ccccc3C2c2ccccc21. The first-order chi connectivity index (χ1) is 15.6. The van der Waals surface area contributed by atoms with Crippen LogP contribution in [0.4, 0.5) is 9.59 Å². The lowest BCUT2D eigenvalue weighted by atomic mass is 9.60. The Kier molecular flexibility index (Phi) is 3.80. The number of fused-ring (bicyclic) bond motifs is 1. The summed E-state index contributed by atoms with van der Waals surface area (Å²) in [4.78, 5) is 23.4. The van der Waals surface area contributed by atoms with Gasteiger partial charge in [-0.15, -0.1) is 0 Å². The van der Waals surface area contributed by atoms with Gasteiger partial charge in [0.15, 0.2) is 0 Å². The lowest BCUT2D eigenvalue weighted by Gasteiger charge is -2.43. The second-order valence-electron chi connectivity index (χ2n) is 7.89. The first-order valence-corrected chi connectivity index (χ1v) is 10.1. The number of rotatable bonds is 2. The van der Waals surface area contributed by atoms with Crippen LogP contribution in [0.25, 0.3) is 10.8 Å². The highest BCUT2D eigenvalue weighted by Gasteiger charge is 2.46. The van der Waals surface area contributed by atoms with Crippen LogP contribution < -0.4 is 9.47 Å². The van der Waals surface area contributed by atoms with Crippen LogP contribution in [0.3, 0.4) is 0 Å². The van der Waals surface area contributed by atoms with Gasteiger partial charge in [-0.05, 0) is 22.3 Å². The zero-order valence-electron chi connectivity index (χ0n) is 16.6. The van der Waals surface area contributed by atoms with Gasteiger partial charge in [-0.25, -0.2) is 9.59 Å². The van der Waals surface area contributed by atoms with E-state index in [2.05, 4.69) is 0 Å². The van der Waals surface area contributed by atoms with Crippen LogP contribution in [-0.4, -0.2) is 22.5 Å². The molecule has 32 heavy (non-hydrogen) atoms. The Labute approximate surface area is 182 Å². The van der Waals surface area contributed by atoms with Crippen LogP contribution in [-0.2, 0) is 0 Å². The molecule has 156 valence electrons. The molecule has 0 aliphatic heterocycles. The third-order valence-electron chi connectivity index (χ3n) is 6.39. The number of hydrogen-bond donors (Lipinski definition) is 2. The van der Waals surface area contributed by atoms with E-state index >= 15 is 0 Å². The van der Waals surface area contributed by atoms with Crippen molar-refractivity contribution in [3.63, 3.8) is 0 Å². The molecule has 6 nitrogen and oxygen atoms in total. The summed E-state index contributed by atoms with van der Waals surface area (Å²) in [5, 5.41) is 20.1. The van der Waals surface area contributed by atoms with Gasteiger partial charge in [0.05, 0.1) is 0 Å². The van der Waals surface area contributed by atoms with Crippen molar-refractivity contribution in [1.29, 1.82) is 0 Å². The van der Waals surface area contributed by atoms with Gasteiger partial charge in [-0.1, -0.05) is 72.8 Å². The molecule has 4 aromatic rings. The van der Waals surface area contributed by atoms with Gasteiger partial charge in [0.1, 0.15) is 11.5 Å². The van der Waals surface area contributed by atoms with Crippen molar-refractivity contribution in [2.24, 2.45) is 0 Å². The number of hydrogen-bond acceptors (Lipinski definition) is 4. The normalized spacial score (nSPS) is 17.2. The number of carbonyl (C=O) groups is 2. The van der Waals surface area contributed by atoms with E-state index in [0.717, 1.165) is 22.3 Å². The summed E-state index contributed by atoms with van der Waals surface area (Å²) in [6, 6.07) is 22.9. The maximum absolute atomic E-state index is 11.7. The number of carboxylic acid groups (broad SMARTS) is 2. The summed E-state index contributed by atoms with van der Waals surface area (Å²) in [7, 11) is 0. The Bertz CT molecular complexity index is 1300. The molecule has 0 spiro atoms. The highest BCUT2D eigenvalue weighted by Crippen LogP contribution is 2.62. The summed E-state index contributed by atoms with van der Waals surface area (Å²) in [5.74, 6) is -0.172. The smallest absolute Gasteiger partial charge is 0.449 e. The van der Waals surface area contributed by atoms with E-state index < -0.39 is 12.3 Å². The zero-order valence-corrected chi connectivity index (χ0v) is 16.6. The van der Waals surface area contributed by atoms with Crippen LogP contribution >= 0.6 is 0 Å². The monoisotopic (exact) mass is 424 g/mol. The molecule has 3 aliphatic carbocycles. The van der Waals surface area contributed by atoms with E-state index in [-0.39, 0.29) is 23.3 Å². The van der Waals surface area contributed by atoms with Crippen LogP contribution in [0.5, 0.6) is 11.5 Å². The first kappa shape index (κ1) is 18.4. The van der Waals surface area contributed by atoms with Crippen LogP contribution in [0, 0.1) is 0 Å². The minimum Gasteiger partial charge on any atom is -0.449 e. The molecule has 0 unspecified atom stereocenters. The van der Waals surface area contributed by atoms with Gasteiger partial charge in [0.2, 0.25) is 0 Å². The molecule has 6 heteroatoms. The fourth-order valence-electron chi connectivity index (χ4n) is 5.41. The van der Waals surface area contributed by atoms with Gasteiger partial charge in [0, 0.05) is 33.7 Å². The highest BCUT2D eigenvalue weighted by atomic mass is 16.7. The maximum Gasteiger partial charge on any atom is 0.511 e. The quantitative estimate of drug-likeness (QED) is 0.264. The molecule has 0 fully saturated rings. The van der Waals surface area contributed by atoms with Gasteiger partial charge in [0.25, 0.3) is 0 Å². The molecule has 0 amide bonds. The summed E-state index contributed by atoms with van der Waals surface area (Å²) < 4.78 is 10.8. The predicted molar refractivity (Wildman–Crippen MR) is 116 cm³/mol. The van der Waals surface area contributed by atoms with Crippen LogP contribution in [0.1, 0.15) is 45.2 Å². The van der Waals surface area contributed by atoms with Gasteiger partial charge >= 0.3 is 12.3 Å². The average Bonchev–Trinajstić information content (AvgIpc) is 2.80. The van der Waals surface area contributed by atoms with Gasteiger partial charge < -0.3 is 19.7 Å². The molecule has 3 aliphatic rings. The molecular weight excluding hydrogens is 408 g/mol. The second kappa shape index (κ2) is 6.59. The van der Waals surface area contributed by atoms with E-state index in [1.165, 1.54) is 0 Å². The van der Waals surface area contributed by atoms with Crippen molar-refractivity contribution in [2.45, 2.75) is 11.8 Å². The second-order valence-corrected chi connectivity index (χ2v) is 7.89. The van der Waals surface area contributed by atoms with Gasteiger partial charge in [-0.3, -0.25) is 0 Å². The Morgan fingerprint density at radius 2 is 0.875 bits per heavy atom. The number of ether oxygens (including phenoxy) is 2. The molecule has 2 bridgehead atoms. The highest BCUT2D eigenvalue weighted by molar-refractivity contribution is 6.00. The molecule has 4 aromatic carbocycles. The molecule has 0 radical (unpaired) electrons. The minimum atomic E-state index is -1.42. The Morgan fingerprint density at radius 1 is 0.562 bits per heavy atom. The molecule has 0 saturated carbocycles. The fraction of sp³-hybridized carbons (Fsp3) is 0.0769. The predicted octanol–water partition coefficient (Wildman–Crippen LogP) is 5.94. The molecule has 0 aromatic heterocycles. The molecule has 7 rings (SSSR count). The Hall–Kier alpha value is -4.32. The molecular formula is C26H16O6. The van der Waals surface area contributed by atoms with Gasteiger partial charge in [-0.2, -0.15) is 0 Å². The van der Waals surface area contributed by atoms with Crippen molar-refractivity contribution in [1.82, 2.24) is 0 Å². The summed E-state index contributed by atoms with van der Waals surface area (Å²) in [6.45, 7) is 0. The lowest BCUT2D eigenvalue weighted by Crippen LogP contribution is -2.29. The van der Waals surface area contributed by atoms with E-state index in [4.69, 9.17) is 9.47 Å².